The minimum atomic E-state index is -0.0650. The summed E-state index contributed by atoms with van der Waals surface area (Å²) in [4.78, 5) is 16.0. The van der Waals surface area contributed by atoms with Crippen molar-refractivity contribution in [3.05, 3.63) is 65.7 Å². The third-order valence-electron chi connectivity index (χ3n) is 3.90. The first-order valence-corrected chi connectivity index (χ1v) is 9.12. The fraction of sp³-hybridized carbons (Fsp3) is 0.333. The summed E-state index contributed by atoms with van der Waals surface area (Å²) in [5.74, 6) is 1.34. The van der Waals surface area contributed by atoms with Gasteiger partial charge in [0.25, 0.3) is 0 Å². The Labute approximate surface area is 161 Å². The van der Waals surface area contributed by atoms with Gasteiger partial charge in [-0.25, -0.2) is 0 Å². The van der Waals surface area contributed by atoms with Crippen LogP contribution in [0.2, 0.25) is 0 Å². The van der Waals surface area contributed by atoms with Gasteiger partial charge < -0.3 is 20.7 Å². The quantitative estimate of drug-likeness (QED) is 0.359. The van der Waals surface area contributed by atoms with Crippen LogP contribution in [0, 0.1) is 6.92 Å². The van der Waals surface area contributed by atoms with Gasteiger partial charge in [-0.15, -0.1) is 0 Å². The molecule has 0 spiro atoms. The predicted molar refractivity (Wildman–Crippen MR) is 109 cm³/mol. The Morgan fingerprint density at radius 3 is 2.41 bits per heavy atom. The Kier molecular flexibility index (Phi) is 8.69. The molecule has 6 heteroatoms. The van der Waals surface area contributed by atoms with Gasteiger partial charge in [-0.05, 0) is 31.0 Å². The lowest BCUT2D eigenvalue weighted by Gasteiger charge is -2.12. The van der Waals surface area contributed by atoms with Gasteiger partial charge >= 0.3 is 0 Å². The van der Waals surface area contributed by atoms with Crippen LogP contribution in [0.15, 0.2) is 59.6 Å². The molecule has 6 nitrogen and oxygen atoms in total. The average molecular weight is 368 g/mol. The van der Waals surface area contributed by atoms with E-state index in [4.69, 9.17) is 4.74 Å². The maximum absolute atomic E-state index is 11.9. The van der Waals surface area contributed by atoms with Crippen molar-refractivity contribution in [1.29, 1.82) is 0 Å². The molecule has 0 aliphatic rings. The number of carbonyl (C=O) groups is 1. The standard InChI is InChI=1S/C21H28N4O2/c1-17-8-10-19(11-9-17)27-15-14-24-21(22-2)25-16-20(26)23-13-12-18-6-4-3-5-7-18/h3-11H,12-16H2,1-2H3,(H,23,26)(H2,22,24,25). The van der Waals surface area contributed by atoms with E-state index in [1.54, 1.807) is 7.05 Å². The van der Waals surface area contributed by atoms with Crippen molar-refractivity contribution in [3.8, 4) is 5.75 Å². The Balaban J connectivity index is 1.57. The van der Waals surface area contributed by atoms with Gasteiger partial charge in [0.2, 0.25) is 5.91 Å². The molecule has 0 unspecified atom stereocenters. The normalized spacial score (nSPS) is 11.0. The molecule has 0 fully saturated rings. The predicted octanol–water partition coefficient (Wildman–Crippen LogP) is 1.90. The smallest absolute Gasteiger partial charge is 0.239 e. The monoisotopic (exact) mass is 368 g/mol. The van der Waals surface area contributed by atoms with Gasteiger partial charge in [0.15, 0.2) is 5.96 Å². The molecule has 2 aromatic rings. The maximum atomic E-state index is 11.9. The number of aryl methyl sites for hydroxylation is 1. The van der Waals surface area contributed by atoms with Crippen LogP contribution in [-0.4, -0.2) is 45.2 Å². The van der Waals surface area contributed by atoms with Crippen LogP contribution in [0.5, 0.6) is 5.75 Å². The van der Waals surface area contributed by atoms with E-state index in [1.807, 2.05) is 49.4 Å². The van der Waals surface area contributed by atoms with Gasteiger partial charge in [0.05, 0.1) is 13.1 Å². The number of nitrogens with one attached hydrogen (secondary N) is 3. The molecule has 1 amide bonds. The molecule has 0 bridgehead atoms. The lowest BCUT2D eigenvalue weighted by atomic mass is 10.1. The Morgan fingerprint density at radius 1 is 0.963 bits per heavy atom. The molecule has 0 aliphatic carbocycles. The molecule has 0 atom stereocenters. The van der Waals surface area contributed by atoms with Crippen molar-refractivity contribution in [2.24, 2.45) is 4.99 Å². The Bertz CT molecular complexity index is 715. The van der Waals surface area contributed by atoms with E-state index < -0.39 is 0 Å². The van der Waals surface area contributed by atoms with Crippen LogP contribution < -0.4 is 20.7 Å². The number of hydrogen-bond acceptors (Lipinski definition) is 3. The van der Waals surface area contributed by atoms with Crippen LogP contribution in [0.3, 0.4) is 0 Å². The highest BCUT2D eigenvalue weighted by Gasteiger charge is 2.03. The molecule has 2 aromatic carbocycles. The number of guanidine groups is 1. The van der Waals surface area contributed by atoms with Crippen molar-refractivity contribution >= 4 is 11.9 Å². The molecule has 2 rings (SSSR count). The highest BCUT2D eigenvalue weighted by Crippen LogP contribution is 2.10. The minimum Gasteiger partial charge on any atom is -0.492 e. The number of carbonyl (C=O) groups excluding carboxylic acids is 1. The summed E-state index contributed by atoms with van der Waals surface area (Å²) in [6.45, 7) is 3.92. The summed E-state index contributed by atoms with van der Waals surface area (Å²) in [6.07, 6.45) is 0.815. The molecular weight excluding hydrogens is 340 g/mol. The fourth-order valence-electron chi connectivity index (χ4n) is 2.41. The van der Waals surface area contributed by atoms with Crippen LogP contribution in [0.25, 0.3) is 0 Å². The number of hydrogen-bond donors (Lipinski definition) is 3. The molecule has 0 saturated carbocycles. The molecular formula is C21H28N4O2. The second-order valence-corrected chi connectivity index (χ2v) is 6.10. The Hall–Kier alpha value is -3.02. The van der Waals surface area contributed by atoms with E-state index in [9.17, 15) is 4.79 Å². The van der Waals surface area contributed by atoms with E-state index in [0.717, 1.165) is 12.2 Å². The number of benzene rings is 2. The van der Waals surface area contributed by atoms with Gasteiger partial charge in [0, 0.05) is 13.6 Å². The van der Waals surface area contributed by atoms with Crippen molar-refractivity contribution in [2.75, 3.05) is 33.3 Å². The maximum Gasteiger partial charge on any atom is 0.239 e. The number of nitrogens with zero attached hydrogens (tertiary/aromatic N) is 1. The SMILES string of the molecule is CN=C(NCCOc1ccc(C)cc1)NCC(=O)NCCc1ccccc1. The zero-order valence-electron chi connectivity index (χ0n) is 16.0. The molecule has 144 valence electrons. The summed E-state index contributed by atoms with van der Waals surface area (Å²) in [5.41, 5.74) is 2.41. The summed E-state index contributed by atoms with van der Waals surface area (Å²) in [7, 11) is 1.67. The van der Waals surface area contributed by atoms with Gasteiger partial charge in [0.1, 0.15) is 12.4 Å². The third-order valence-corrected chi connectivity index (χ3v) is 3.90. The zero-order chi connectivity index (χ0) is 19.3. The molecule has 0 radical (unpaired) electrons. The van der Waals surface area contributed by atoms with Crippen molar-refractivity contribution in [1.82, 2.24) is 16.0 Å². The third kappa shape index (κ3) is 8.27. The van der Waals surface area contributed by atoms with Crippen LogP contribution in [0.4, 0.5) is 0 Å². The van der Waals surface area contributed by atoms with E-state index in [-0.39, 0.29) is 12.5 Å². The molecule has 3 N–H and O–H groups in total. The summed E-state index contributed by atoms with van der Waals surface area (Å²) < 4.78 is 5.65. The zero-order valence-corrected chi connectivity index (χ0v) is 16.0. The lowest BCUT2D eigenvalue weighted by Crippen LogP contribution is -2.44. The van der Waals surface area contributed by atoms with Crippen LogP contribution in [0.1, 0.15) is 11.1 Å². The fourth-order valence-corrected chi connectivity index (χ4v) is 2.41. The van der Waals surface area contributed by atoms with E-state index in [1.165, 1.54) is 11.1 Å². The number of ether oxygens (including phenoxy) is 1. The van der Waals surface area contributed by atoms with Crippen molar-refractivity contribution < 1.29 is 9.53 Å². The molecule has 0 aromatic heterocycles. The highest BCUT2D eigenvalue weighted by atomic mass is 16.5. The van der Waals surface area contributed by atoms with Crippen LogP contribution >= 0.6 is 0 Å². The first-order chi connectivity index (χ1) is 13.2. The van der Waals surface area contributed by atoms with Gasteiger partial charge in [-0.1, -0.05) is 48.0 Å². The molecule has 0 saturated heterocycles. The largest absolute Gasteiger partial charge is 0.492 e. The lowest BCUT2D eigenvalue weighted by molar-refractivity contribution is -0.119. The topological polar surface area (TPSA) is 74.8 Å². The Morgan fingerprint density at radius 2 is 1.70 bits per heavy atom. The number of rotatable bonds is 9. The number of amides is 1. The van der Waals surface area contributed by atoms with Crippen molar-refractivity contribution in [2.45, 2.75) is 13.3 Å². The molecule has 27 heavy (non-hydrogen) atoms. The second kappa shape index (κ2) is 11.6. The summed E-state index contributed by atoms with van der Waals surface area (Å²) in [5, 5.41) is 9.01. The number of aliphatic imine (C=N–C) groups is 1. The van der Waals surface area contributed by atoms with Crippen molar-refractivity contribution in [3.63, 3.8) is 0 Å². The minimum absolute atomic E-state index is 0.0650. The van der Waals surface area contributed by atoms with Gasteiger partial charge in [-0.2, -0.15) is 0 Å². The molecule has 0 aliphatic heterocycles. The van der Waals surface area contributed by atoms with E-state index in [0.29, 0.717) is 25.7 Å². The average Bonchev–Trinajstić information content (AvgIpc) is 2.69. The van der Waals surface area contributed by atoms with Gasteiger partial charge in [-0.3, -0.25) is 9.79 Å². The van der Waals surface area contributed by atoms with E-state index in [2.05, 4.69) is 33.1 Å². The first kappa shape index (κ1) is 20.3. The first-order valence-electron chi connectivity index (χ1n) is 9.12. The highest BCUT2D eigenvalue weighted by molar-refractivity contribution is 5.86. The molecule has 0 heterocycles. The van der Waals surface area contributed by atoms with E-state index >= 15 is 0 Å². The second-order valence-electron chi connectivity index (χ2n) is 6.10. The van der Waals surface area contributed by atoms with Crippen LogP contribution in [-0.2, 0) is 11.2 Å². The summed E-state index contributed by atoms with van der Waals surface area (Å²) in [6, 6.07) is 18.0. The summed E-state index contributed by atoms with van der Waals surface area (Å²) >= 11 is 0.